The Morgan fingerprint density at radius 3 is 2.50 bits per heavy atom. The topological polar surface area (TPSA) is 9.23 Å². The van der Waals surface area contributed by atoms with Crippen molar-refractivity contribution in [1.82, 2.24) is 0 Å². The zero-order valence-electron chi connectivity index (χ0n) is 10.1. The fourth-order valence-electron chi connectivity index (χ4n) is 1.87. The van der Waals surface area contributed by atoms with E-state index in [4.69, 9.17) is 27.9 Å². The van der Waals surface area contributed by atoms with Crippen molar-refractivity contribution >= 4 is 23.2 Å². The van der Waals surface area contributed by atoms with E-state index < -0.39 is 0 Å². The first kappa shape index (κ1) is 13.3. The Hall–Kier alpha value is -1.18. The van der Waals surface area contributed by atoms with E-state index >= 15 is 0 Å². The van der Waals surface area contributed by atoms with E-state index in [-0.39, 0.29) is 5.38 Å². The van der Waals surface area contributed by atoms with Crippen LogP contribution in [0, 0.1) is 0 Å². The molecule has 1 unspecified atom stereocenters. The lowest BCUT2D eigenvalue weighted by atomic mass is 10.0. The molecular weight excluding hydrogens is 267 g/mol. The number of halogens is 2. The summed E-state index contributed by atoms with van der Waals surface area (Å²) < 4.78 is 5.32. The van der Waals surface area contributed by atoms with Gasteiger partial charge in [0, 0.05) is 10.6 Å². The van der Waals surface area contributed by atoms with Gasteiger partial charge in [-0.1, -0.05) is 48.0 Å². The van der Waals surface area contributed by atoms with Crippen molar-refractivity contribution in [3.63, 3.8) is 0 Å². The number of hydrogen-bond acceptors (Lipinski definition) is 1. The van der Waals surface area contributed by atoms with E-state index in [1.807, 2.05) is 30.3 Å². The van der Waals surface area contributed by atoms with Crippen LogP contribution >= 0.6 is 23.2 Å². The summed E-state index contributed by atoms with van der Waals surface area (Å²) in [5.74, 6) is 0.735. The minimum atomic E-state index is -0.125. The molecule has 0 fully saturated rings. The maximum absolute atomic E-state index is 6.45. The van der Waals surface area contributed by atoms with Crippen molar-refractivity contribution < 1.29 is 4.74 Å². The zero-order chi connectivity index (χ0) is 13.0. The second kappa shape index (κ2) is 6.12. The number of hydrogen-bond donors (Lipinski definition) is 0. The molecule has 0 heterocycles. The molecule has 1 nitrogen and oxygen atoms in total. The summed E-state index contributed by atoms with van der Waals surface area (Å²) in [4.78, 5) is 0. The highest BCUT2D eigenvalue weighted by Gasteiger charge is 2.14. The first-order chi connectivity index (χ1) is 8.70. The number of methoxy groups -OCH3 is 1. The van der Waals surface area contributed by atoms with Gasteiger partial charge in [-0.2, -0.15) is 0 Å². The van der Waals surface area contributed by atoms with Gasteiger partial charge in [-0.15, -0.1) is 11.6 Å². The summed E-state index contributed by atoms with van der Waals surface area (Å²) in [6, 6.07) is 15.7. The van der Waals surface area contributed by atoms with Crippen LogP contribution in [0.15, 0.2) is 48.5 Å². The highest BCUT2D eigenvalue weighted by atomic mass is 35.5. The molecule has 0 bridgehead atoms. The summed E-state index contributed by atoms with van der Waals surface area (Å²) in [6.45, 7) is 0. The molecule has 3 heteroatoms. The summed E-state index contributed by atoms with van der Waals surface area (Å²) in [6.07, 6.45) is 0.764. The number of rotatable bonds is 4. The molecule has 0 saturated heterocycles. The monoisotopic (exact) mass is 280 g/mol. The van der Waals surface area contributed by atoms with Crippen LogP contribution in [-0.2, 0) is 6.42 Å². The predicted molar refractivity (Wildman–Crippen MR) is 76.7 cm³/mol. The van der Waals surface area contributed by atoms with Crippen LogP contribution in [0.25, 0.3) is 0 Å². The summed E-state index contributed by atoms with van der Waals surface area (Å²) >= 11 is 12.4. The second-order valence-electron chi connectivity index (χ2n) is 4.04. The molecule has 18 heavy (non-hydrogen) atoms. The van der Waals surface area contributed by atoms with Crippen molar-refractivity contribution in [2.45, 2.75) is 11.8 Å². The molecule has 0 aromatic heterocycles. The smallest absolute Gasteiger partial charge is 0.125 e. The molecule has 0 N–H and O–H groups in total. The molecule has 0 aliphatic rings. The number of benzene rings is 2. The van der Waals surface area contributed by atoms with Crippen molar-refractivity contribution in [3.05, 3.63) is 64.7 Å². The first-order valence-corrected chi connectivity index (χ1v) is 6.53. The SMILES string of the molecule is COc1cc(Cl)ccc1C(Cl)Cc1ccccc1. The summed E-state index contributed by atoms with van der Waals surface area (Å²) in [5.41, 5.74) is 2.17. The Labute approximate surface area is 117 Å². The predicted octanol–water partition coefficient (Wildman–Crippen LogP) is 4.87. The van der Waals surface area contributed by atoms with Crippen LogP contribution in [0.5, 0.6) is 5.75 Å². The van der Waals surface area contributed by atoms with Gasteiger partial charge in [0.05, 0.1) is 12.5 Å². The largest absolute Gasteiger partial charge is 0.496 e. The molecule has 0 radical (unpaired) electrons. The molecular formula is C15H14Cl2O. The Bertz CT molecular complexity index is 511. The maximum Gasteiger partial charge on any atom is 0.125 e. The van der Waals surface area contributed by atoms with Gasteiger partial charge in [-0.3, -0.25) is 0 Å². The van der Waals surface area contributed by atoms with Crippen LogP contribution in [0.2, 0.25) is 5.02 Å². The van der Waals surface area contributed by atoms with Crippen molar-refractivity contribution in [1.29, 1.82) is 0 Å². The first-order valence-electron chi connectivity index (χ1n) is 5.72. The second-order valence-corrected chi connectivity index (χ2v) is 5.01. The lowest BCUT2D eigenvalue weighted by Crippen LogP contribution is -1.99. The minimum absolute atomic E-state index is 0.125. The third-order valence-electron chi connectivity index (χ3n) is 2.79. The van der Waals surface area contributed by atoms with Crippen LogP contribution in [0.3, 0.4) is 0 Å². The lowest BCUT2D eigenvalue weighted by molar-refractivity contribution is 0.409. The van der Waals surface area contributed by atoms with Gasteiger partial charge >= 0.3 is 0 Å². The molecule has 0 aliphatic carbocycles. The van der Waals surface area contributed by atoms with Crippen LogP contribution in [0.4, 0.5) is 0 Å². The van der Waals surface area contributed by atoms with E-state index in [0.29, 0.717) is 5.02 Å². The normalized spacial score (nSPS) is 12.2. The Balaban J connectivity index is 2.21. The molecule has 2 aromatic carbocycles. The summed E-state index contributed by atoms with van der Waals surface area (Å²) in [7, 11) is 1.63. The fraction of sp³-hybridized carbons (Fsp3) is 0.200. The van der Waals surface area contributed by atoms with E-state index in [1.54, 1.807) is 13.2 Å². The van der Waals surface area contributed by atoms with Gasteiger partial charge in [0.2, 0.25) is 0 Å². The number of ether oxygens (including phenoxy) is 1. The van der Waals surface area contributed by atoms with Crippen molar-refractivity contribution in [2.24, 2.45) is 0 Å². The highest BCUT2D eigenvalue weighted by molar-refractivity contribution is 6.30. The standard InChI is InChI=1S/C15H14Cl2O/c1-18-15-10-12(16)7-8-13(15)14(17)9-11-5-3-2-4-6-11/h2-8,10,14H,9H2,1H3. The zero-order valence-corrected chi connectivity index (χ0v) is 11.6. The van der Waals surface area contributed by atoms with Gasteiger partial charge in [-0.25, -0.2) is 0 Å². The molecule has 2 rings (SSSR count). The summed E-state index contributed by atoms with van der Waals surface area (Å²) in [5, 5.41) is 0.527. The van der Waals surface area contributed by atoms with Crippen LogP contribution < -0.4 is 4.74 Å². The highest BCUT2D eigenvalue weighted by Crippen LogP contribution is 2.34. The van der Waals surface area contributed by atoms with E-state index in [1.165, 1.54) is 5.56 Å². The van der Waals surface area contributed by atoms with Crippen LogP contribution in [0.1, 0.15) is 16.5 Å². The molecule has 2 aromatic rings. The Morgan fingerprint density at radius 2 is 1.83 bits per heavy atom. The minimum Gasteiger partial charge on any atom is -0.496 e. The molecule has 94 valence electrons. The van der Waals surface area contributed by atoms with Gasteiger partial charge < -0.3 is 4.74 Å². The van der Waals surface area contributed by atoms with Crippen molar-refractivity contribution in [2.75, 3.05) is 7.11 Å². The average molecular weight is 281 g/mol. The Morgan fingerprint density at radius 1 is 1.11 bits per heavy atom. The quantitative estimate of drug-likeness (QED) is 0.726. The maximum atomic E-state index is 6.45. The van der Waals surface area contributed by atoms with Gasteiger partial charge in [0.1, 0.15) is 5.75 Å². The van der Waals surface area contributed by atoms with Crippen LogP contribution in [-0.4, -0.2) is 7.11 Å². The molecule has 1 atom stereocenters. The molecule has 0 amide bonds. The third kappa shape index (κ3) is 3.18. The van der Waals surface area contributed by atoms with Gasteiger partial charge in [-0.05, 0) is 24.1 Å². The molecule has 0 aliphatic heterocycles. The average Bonchev–Trinajstić information content (AvgIpc) is 2.39. The fourth-order valence-corrected chi connectivity index (χ4v) is 2.40. The number of alkyl halides is 1. The Kier molecular flexibility index (Phi) is 4.51. The van der Waals surface area contributed by atoms with E-state index in [2.05, 4.69) is 12.1 Å². The lowest BCUT2D eigenvalue weighted by Gasteiger charge is -2.14. The van der Waals surface area contributed by atoms with Crippen molar-refractivity contribution in [3.8, 4) is 5.75 Å². The van der Waals surface area contributed by atoms with E-state index in [0.717, 1.165) is 17.7 Å². The van der Waals surface area contributed by atoms with Gasteiger partial charge in [0.25, 0.3) is 0 Å². The van der Waals surface area contributed by atoms with E-state index in [9.17, 15) is 0 Å². The third-order valence-corrected chi connectivity index (χ3v) is 3.42. The molecule has 0 spiro atoms. The van der Waals surface area contributed by atoms with Gasteiger partial charge in [0.15, 0.2) is 0 Å². The molecule has 0 saturated carbocycles.